The van der Waals surface area contributed by atoms with E-state index < -0.39 is 0 Å². The van der Waals surface area contributed by atoms with Gasteiger partial charge in [0, 0.05) is 6.21 Å². The van der Waals surface area contributed by atoms with Crippen molar-refractivity contribution in [1.82, 2.24) is 0 Å². The van der Waals surface area contributed by atoms with E-state index in [0.29, 0.717) is 18.4 Å². The standard InChI is InChI=1S/C13H14FNO/c1-10-5-6-15-13(7-10)16-9-11-3-2-4-12(14)8-11/h2-4,6-8,10H,5,9H2,1H3. The summed E-state index contributed by atoms with van der Waals surface area (Å²) in [5.41, 5.74) is 0.814. The zero-order chi connectivity index (χ0) is 11.4. The minimum atomic E-state index is -0.240. The van der Waals surface area contributed by atoms with E-state index in [0.717, 1.165) is 12.0 Å². The number of halogens is 1. The predicted molar refractivity (Wildman–Crippen MR) is 61.5 cm³/mol. The van der Waals surface area contributed by atoms with E-state index in [2.05, 4.69) is 11.9 Å². The molecule has 0 amide bonds. The van der Waals surface area contributed by atoms with Gasteiger partial charge in [0.1, 0.15) is 12.4 Å². The zero-order valence-electron chi connectivity index (χ0n) is 9.19. The Balaban J connectivity index is 1.95. The quantitative estimate of drug-likeness (QED) is 0.764. The van der Waals surface area contributed by atoms with E-state index in [-0.39, 0.29) is 5.82 Å². The van der Waals surface area contributed by atoms with Crippen molar-refractivity contribution in [2.45, 2.75) is 20.0 Å². The lowest BCUT2D eigenvalue weighted by atomic mass is 10.1. The van der Waals surface area contributed by atoms with Gasteiger partial charge in [-0.2, -0.15) is 0 Å². The van der Waals surface area contributed by atoms with Crippen molar-refractivity contribution >= 4 is 6.21 Å². The third kappa shape index (κ3) is 2.92. The Kier molecular flexibility index (Phi) is 3.34. The van der Waals surface area contributed by atoms with Crippen LogP contribution in [0.25, 0.3) is 0 Å². The van der Waals surface area contributed by atoms with Gasteiger partial charge in [0.05, 0.1) is 0 Å². The van der Waals surface area contributed by atoms with Crippen molar-refractivity contribution in [3.8, 4) is 0 Å². The molecule has 2 rings (SSSR count). The summed E-state index contributed by atoms with van der Waals surface area (Å²) >= 11 is 0. The summed E-state index contributed by atoms with van der Waals surface area (Å²) in [7, 11) is 0. The summed E-state index contributed by atoms with van der Waals surface area (Å²) < 4.78 is 18.4. The molecule has 84 valence electrons. The molecule has 1 aliphatic rings. The Bertz CT molecular complexity index is 426. The Morgan fingerprint density at radius 2 is 2.38 bits per heavy atom. The molecule has 0 bridgehead atoms. The molecule has 3 heteroatoms. The van der Waals surface area contributed by atoms with Crippen LogP contribution < -0.4 is 0 Å². The summed E-state index contributed by atoms with van der Waals surface area (Å²) in [6.45, 7) is 2.46. The Morgan fingerprint density at radius 3 is 3.12 bits per heavy atom. The largest absolute Gasteiger partial charge is 0.473 e. The molecule has 1 unspecified atom stereocenters. The Labute approximate surface area is 94.5 Å². The van der Waals surface area contributed by atoms with Crippen LogP contribution in [-0.2, 0) is 11.3 Å². The first kappa shape index (κ1) is 10.9. The van der Waals surface area contributed by atoms with Crippen LogP contribution in [0.5, 0.6) is 0 Å². The van der Waals surface area contributed by atoms with Crippen LogP contribution in [0.4, 0.5) is 4.39 Å². The fraction of sp³-hybridized carbons (Fsp3) is 0.308. The minimum absolute atomic E-state index is 0.240. The molecule has 1 aromatic rings. The van der Waals surface area contributed by atoms with Crippen LogP contribution in [-0.4, -0.2) is 6.21 Å². The van der Waals surface area contributed by atoms with E-state index in [4.69, 9.17) is 4.74 Å². The van der Waals surface area contributed by atoms with Gasteiger partial charge in [-0.15, -0.1) is 0 Å². The lowest BCUT2D eigenvalue weighted by Crippen LogP contribution is -2.02. The maximum absolute atomic E-state index is 12.9. The first-order chi connectivity index (χ1) is 7.74. The first-order valence-electron chi connectivity index (χ1n) is 5.35. The number of nitrogens with zero attached hydrogens (tertiary/aromatic N) is 1. The summed E-state index contributed by atoms with van der Waals surface area (Å²) in [5.74, 6) is 0.846. The SMILES string of the molecule is CC1C=C(OCc2cccc(F)c2)N=CC1. The van der Waals surface area contributed by atoms with Gasteiger partial charge < -0.3 is 4.74 Å². The molecule has 1 aromatic carbocycles. The maximum Gasteiger partial charge on any atom is 0.209 e. The number of aliphatic imine (C=N–C) groups is 1. The highest BCUT2D eigenvalue weighted by Crippen LogP contribution is 2.15. The smallest absolute Gasteiger partial charge is 0.209 e. The number of allylic oxidation sites excluding steroid dienone is 1. The van der Waals surface area contributed by atoms with E-state index >= 15 is 0 Å². The van der Waals surface area contributed by atoms with Crippen molar-refractivity contribution in [2.24, 2.45) is 10.9 Å². The second kappa shape index (κ2) is 4.92. The van der Waals surface area contributed by atoms with Crippen molar-refractivity contribution in [1.29, 1.82) is 0 Å². The number of benzene rings is 1. The number of rotatable bonds is 3. The van der Waals surface area contributed by atoms with Crippen LogP contribution >= 0.6 is 0 Å². The minimum Gasteiger partial charge on any atom is -0.473 e. The topological polar surface area (TPSA) is 21.6 Å². The molecule has 0 saturated heterocycles. The monoisotopic (exact) mass is 219 g/mol. The normalized spacial score (nSPS) is 19.4. The zero-order valence-corrected chi connectivity index (χ0v) is 9.19. The second-order valence-electron chi connectivity index (χ2n) is 3.95. The summed E-state index contributed by atoms with van der Waals surface area (Å²) in [5, 5.41) is 0. The highest BCUT2D eigenvalue weighted by atomic mass is 19.1. The molecule has 1 aliphatic heterocycles. The number of ether oxygens (including phenoxy) is 1. The van der Waals surface area contributed by atoms with Crippen molar-refractivity contribution in [3.05, 3.63) is 47.6 Å². The average Bonchev–Trinajstić information content (AvgIpc) is 2.27. The predicted octanol–water partition coefficient (Wildman–Crippen LogP) is 3.29. The fourth-order valence-corrected chi connectivity index (χ4v) is 1.53. The molecule has 1 heterocycles. The molecule has 2 nitrogen and oxygen atoms in total. The lowest BCUT2D eigenvalue weighted by Gasteiger charge is -2.12. The molecular weight excluding hydrogens is 205 g/mol. The van der Waals surface area contributed by atoms with E-state index in [9.17, 15) is 4.39 Å². The molecule has 0 spiro atoms. The molecule has 0 aromatic heterocycles. The fourth-order valence-electron chi connectivity index (χ4n) is 1.53. The molecule has 1 atom stereocenters. The molecular formula is C13H14FNO. The van der Waals surface area contributed by atoms with E-state index in [1.807, 2.05) is 18.4 Å². The number of hydrogen-bond acceptors (Lipinski definition) is 2. The van der Waals surface area contributed by atoms with Gasteiger partial charge in [-0.1, -0.05) is 19.1 Å². The Morgan fingerprint density at radius 1 is 1.50 bits per heavy atom. The molecule has 0 fully saturated rings. The van der Waals surface area contributed by atoms with Gasteiger partial charge in [-0.3, -0.25) is 0 Å². The molecule has 0 N–H and O–H groups in total. The summed E-state index contributed by atoms with van der Waals surface area (Å²) in [6, 6.07) is 6.40. The summed E-state index contributed by atoms with van der Waals surface area (Å²) in [4.78, 5) is 4.14. The van der Waals surface area contributed by atoms with Crippen LogP contribution in [0, 0.1) is 11.7 Å². The van der Waals surface area contributed by atoms with Crippen LogP contribution in [0.1, 0.15) is 18.9 Å². The van der Waals surface area contributed by atoms with Gasteiger partial charge >= 0.3 is 0 Å². The molecule has 16 heavy (non-hydrogen) atoms. The highest BCUT2D eigenvalue weighted by Gasteiger charge is 2.06. The molecule has 0 aliphatic carbocycles. The molecule has 0 saturated carbocycles. The van der Waals surface area contributed by atoms with Gasteiger partial charge in [-0.25, -0.2) is 9.38 Å². The van der Waals surface area contributed by atoms with E-state index in [1.165, 1.54) is 12.1 Å². The van der Waals surface area contributed by atoms with Crippen LogP contribution in [0.3, 0.4) is 0 Å². The van der Waals surface area contributed by atoms with Gasteiger partial charge in [0.2, 0.25) is 5.88 Å². The van der Waals surface area contributed by atoms with E-state index in [1.54, 1.807) is 6.07 Å². The van der Waals surface area contributed by atoms with Crippen molar-refractivity contribution in [3.63, 3.8) is 0 Å². The van der Waals surface area contributed by atoms with Gasteiger partial charge in [-0.05, 0) is 36.1 Å². The average molecular weight is 219 g/mol. The first-order valence-corrected chi connectivity index (χ1v) is 5.35. The lowest BCUT2D eigenvalue weighted by molar-refractivity contribution is 0.193. The van der Waals surface area contributed by atoms with Crippen LogP contribution in [0.15, 0.2) is 41.2 Å². The third-order valence-corrected chi connectivity index (χ3v) is 2.40. The number of hydrogen-bond donors (Lipinski definition) is 0. The highest BCUT2D eigenvalue weighted by molar-refractivity contribution is 5.60. The third-order valence-electron chi connectivity index (χ3n) is 2.40. The molecule has 0 radical (unpaired) electrons. The van der Waals surface area contributed by atoms with Crippen molar-refractivity contribution < 1.29 is 9.13 Å². The van der Waals surface area contributed by atoms with Gasteiger partial charge in [0.25, 0.3) is 0 Å². The summed E-state index contributed by atoms with van der Waals surface area (Å²) in [6.07, 6.45) is 4.79. The maximum atomic E-state index is 12.9. The van der Waals surface area contributed by atoms with Crippen molar-refractivity contribution in [2.75, 3.05) is 0 Å². The van der Waals surface area contributed by atoms with Gasteiger partial charge in [0.15, 0.2) is 0 Å². The van der Waals surface area contributed by atoms with Crippen LogP contribution in [0.2, 0.25) is 0 Å². The second-order valence-corrected chi connectivity index (χ2v) is 3.95. The Hall–Kier alpha value is -1.64.